The van der Waals surface area contributed by atoms with E-state index >= 15 is 0 Å². The number of hydrogen-bond donors (Lipinski definition) is 2. The first kappa shape index (κ1) is 21.7. The summed E-state index contributed by atoms with van der Waals surface area (Å²) in [5.41, 5.74) is 2.09. The molecular formula is C20H11Cl3F3N7. The van der Waals surface area contributed by atoms with Crippen molar-refractivity contribution in [3.63, 3.8) is 0 Å². The maximum absolute atomic E-state index is 12.8. The highest BCUT2D eigenvalue weighted by Crippen LogP contribution is 2.37. The Morgan fingerprint density at radius 2 is 1.70 bits per heavy atom. The van der Waals surface area contributed by atoms with Crippen molar-refractivity contribution in [2.75, 3.05) is 5.32 Å². The van der Waals surface area contributed by atoms with Crippen LogP contribution in [0.5, 0.6) is 0 Å². The summed E-state index contributed by atoms with van der Waals surface area (Å²) in [4.78, 5) is 16.0. The number of fused-ring (bicyclic) bond motifs is 2. The number of alkyl halides is 6. The van der Waals surface area contributed by atoms with Gasteiger partial charge in [-0.25, -0.2) is 9.97 Å². The predicted molar refractivity (Wildman–Crippen MR) is 120 cm³/mol. The summed E-state index contributed by atoms with van der Waals surface area (Å²) in [6, 6.07) is 11.6. The van der Waals surface area contributed by atoms with Gasteiger partial charge >= 0.3 is 6.18 Å². The molecule has 13 heteroatoms. The van der Waals surface area contributed by atoms with E-state index in [2.05, 4.69) is 30.4 Å². The third-order valence-corrected chi connectivity index (χ3v) is 5.27. The highest BCUT2D eigenvalue weighted by molar-refractivity contribution is 6.66. The van der Waals surface area contributed by atoms with Gasteiger partial charge in [0.1, 0.15) is 0 Å². The van der Waals surface area contributed by atoms with Gasteiger partial charge in [-0.15, -0.1) is 5.10 Å². The minimum absolute atomic E-state index is 0.189. The van der Waals surface area contributed by atoms with E-state index in [4.69, 9.17) is 34.8 Å². The number of nitrogens with zero attached hydrogens (tertiary/aromatic N) is 5. The molecule has 0 atom stereocenters. The van der Waals surface area contributed by atoms with E-state index in [0.717, 1.165) is 12.1 Å². The molecule has 2 aromatic carbocycles. The Kier molecular flexibility index (Phi) is 5.11. The van der Waals surface area contributed by atoms with Crippen molar-refractivity contribution in [3.05, 3.63) is 66.1 Å². The summed E-state index contributed by atoms with van der Waals surface area (Å²) in [5.74, 6) is 0.868. The average Bonchev–Trinajstić information content (AvgIpc) is 3.36. The molecule has 168 valence electrons. The van der Waals surface area contributed by atoms with Crippen LogP contribution in [0.4, 0.5) is 24.8 Å². The molecule has 0 aliphatic heterocycles. The second kappa shape index (κ2) is 7.75. The Labute approximate surface area is 198 Å². The first-order valence-electron chi connectivity index (χ1n) is 9.31. The molecule has 7 nitrogen and oxygen atoms in total. The molecule has 33 heavy (non-hydrogen) atoms. The molecule has 0 spiro atoms. The molecule has 0 amide bonds. The summed E-state index contributed by atoms with van der Waals surface area (Å²) in [6.45, 7) is 0. The van der Waals surface area contributed by atoms with Crippen molar-refractivity contribution >= 4 is 63.1 Å². The molecule has 0 fully saturated rings. The molecule has 0 unspecified atom stereocenters. The van der Waals surface area contributed by atoms with Gasteiger partial charge < -0.3 is 10.3 Å². The van der Waals surface area contributed by atoms with Crippen LogP contribution in [0.3, 0.4) is 0 Å². The van der Waals surface area contributed by atoms with Crippen molar-refractivity contribution in [1.82, 2.24) is 29.5 Å². The summed E-state index contributed by atoms with van der Waals surface area (Å²) in [5, 5.41) is 7.30. The number of aromatic amines is 1. The quantitative estimate of drug-likeness (QED) is 0.279. The van der Waals surface area contributed by atoms with Gasteiger partial charge in [0.05, 0.1) is 16.6 Å². The van der Waals surface area contributed by atoms with Crippen LogP contribution < -0.4 is 5.32 Å². The molecule has 5 aromatic rings. The Balaban J connectivity index is 1.49. The largest absolute Gasteiger partial charge is 0.416 e. The molecule has 5 rings (SSSR count). The number of rotatable bonds is 3. The molecule has 0 aliphatic carbocycles. The average molecular weight is 513 g/mol. The highest BCUT2D eigenvalue weighted by Gasteiger charge is 2.30. The van der Waals surface area contributed by atoms with Gasteiger partial charge in [-0.1, -0.05) is 34.8 Å². The third kappa shape index (κ3) is 4.29. The van der Waals surface area contributed by atoms with E-state index < -0.39 is 15.5 Å². The monoisotopic (exact) mass is 511 g/mol. The van der Waals surface area contributed by atoms with Crippen LogP contribution in [0.15, 0.2) is 54.7 Å². The number of hydrogen-bond acceptors (Lipinski definition) is 5. The second-order valence-corrected chi connectivity index (χ2v) is 9.27. The fraction of sp³-hybridized carbons (Fsp3) is 0.100. The van der Waals surface area contributed by atoms with Crippen LogP contribution in [0.25, 0.3) is 28.1 Å². The van der Waals surface area contributed by atoms with Gasteiger partial charge in [0, 0.05) is 23.5 Å². The standard InChI is InChI=1S/C20H11Cl3F3N7/c21-19(22,23)17-29-13-6-1-10(9-14(13)30-17)16-27-8-7-15-31-18(32-33(15)16)28-12-4-2-11(3-5-12)20(24,25)26/h1-9H,(H,28,32)(H,29,30). The highest BCUT2D eigenvalue weighted by atomic mass is 35.6. The smallest absolute Gasteiger partial charge is 0.338 e. The van der Waals surface area contributed by atoms with E-state index in [9.17, 15) is 13.2 Å². The fourth-order valence-electron chi connectivity index (χ4n) is 3.22. The first-order chi connectivity index (χ1) is 15.6. The summed E-state index contributed by atoms with van der Waals surface area (Å²) in [7, 11) is 0. The fourth-order valence-corrected chi connectivity index (χ4v) is 3.49. The zero-order valence-electron chi connectivity index (χ0n) is 16.2. The molecule has 0 radical (unpaired) electrons. The van der Waals surface area contributed by atoms with Gasteiger partial charge in [0.2, 0.25) is 9.74 Å². The molecule has 2 N–H and O–H groups in total. The minimum Gasteiger partial charge on any atom is -0.338 e. The van der Waals surface area contributed by atoms with Crippen molar-refractivity contribution in [1.29, 1.82) is 0 Å². The normalized spacial score (nSPS) is 12.5. The van der Waals surface area contributed by atoms with Gasteiger partial charge in [-0.05, 0) is 42.5 Å². The lowest BCUT2D eigenvalue weighted by molar-refractivity contribution is -0.137. The maximum atomic E-state index is 12.8. The lowest BCUT2D eigenvalue weighted by Crippen LogP contribution is -2.04. The number of halogens is 6. The second-order valence-electron chi connectivity index (χ2n) is 6.99. The molecule has 0 saturated carbocycles. The topological polar surface area (TPSA) is 83.8 Å². The van der Waals surface area contributed by atoms with E-state index in [0.29, 0.717) is 33.8 Å². The Bertz CT molecular complexity index is 1470. The van der Waals surface area contributed by atoms with Gasteiger partial charge in [-0.3, -0.25) is 0 Å². The zero-order valence-corrected chi connectivity index (χ0v) is 18.5. The number of H-pyrrole nitrogens is 1. The number of benzene rings is 2. The van der Waals surface area contributed by atoms with Gasteiger partial charge in [0.25, 0.3) is 0 Å². The first-order valence-corrected chi connectivity index (χ1v) is 10.4. The summed E-state index contributed by atoms with van der Waals surface area (Å²) in [6.07, 6.45) is -2.83. The number of aromatic nitrogens is 6. The van der Waals surface area contributed by atoms with Crippen LogP contribution in [-0.4, -0.2) is 29.5 Å². The number of anilines is 2. The number of imidazole rings is 1. The molecule has 3 heterocycles. The summed E-state index contributed by atoms with van der Waals surface area (Å²) < 4.78 is 38.1. The van der Waals surface area contributed by atoms with Gasteiger partial charge in [-0.2, -0.15) is 22.7 Å². The van der Waals surface area contributed by atoms with Crippen molar-refractivity contribution in [2.45, 2.75) is 9.97 Å². The Morgan fingerprint density at radius 1 is 0.939 bits per heavy atom. The summed E-state index contributed by atoms with van der Waals surface area (Å²) >= 11 is 17.7. The van der Waals surface area contributed by atoms with Crippen LogP contribution in [-0.2, 0) is 9.97 Å². The van der Waals surface area contributed by atoms with E-state index in [1.165, 1.54) is 16.6 Å². The van der Waals surface area contributed by atoms with Crippen LogP contribution in [0, 0.1) is 0 Å². The molecule has 0 bridgehead atoms. The van der Waals surface area contributed by atoms with Crippen LogP contribution in [0.1, 0.15) is 11.4 Å². The lowest BCUT2D eigenvalue weighted by Gasteiger charge is -2.07. The lowest BCUT2D eigenvalue weighted by atomic mass is 10.2. The van der Waals surface area contributed by atoms with Crippen molar-refractivity contribution in [3.8, 4) is 11.4 Å². The molecular weight excluding hydrogens is 502 g/mol. The minimum atomic E-state index is -4.41. The SMILES string of the molecule is FC(F)(F)c1ccc(Nc2nc3ccnc(-c4ccc5nc(C(Cl)(Cl)Cl)[nH]c5c4)n3n2)cc1. The van der Waals surface area contributed by atoms with E-state index in [1.807, 2.05) is 0 Å². The molecule has 3 aromatic heterocycles. The van der Waals surface area contributed by atoms with E-state index in [1.54, 1.807) is 30.5 Å². The van der Waals surface area contributed by atoms with E-state index in [-0.39, 0.29) is 11.8 Å². The predicted octanol–water partition coefficient (Wildman–Crippen LogP) is 6.26. The third-order valence-electron chi connectivity index (χ3n) is 4.73. The maximum Gasteiger partial charge on any atom is 0.416 e. The van der Waals surface area contributed by atoms with Crippen LogP contribution >= 0.6 is 34.8 Å². The molecule has 0 aliphatic rings. The molecule has 0 saturated heterocycles. The Morgan fingerprint density at radius 3 is 2.39 bits per heavy atom. The van der Waals surface area contributed by atoms with Gasteiger partial charge in [0.15, 0.2) is 17.3 Å². The Hall–Kier alpha value is -3.08. The zero-order chi connectivity index (χ0) is 23.4. The van der Waals surface area contributed by atoms with Crippen molar-refractivity contribution in [2.24, 2.45) is 0 Å². The van der Waals surface area contributed by atoms with Crippen molar-refractivity contribution < 1.29 is 13.2 Å². The van der Waals surface area contributed by atoms with Crippen LogP contribution in [0.2, 0.25) is 0 Å². The number of nitrogens with one attached hydrogen (secondary N) is 2.